The first-order valence-corrected chi connectivity index (χ1v) is 7.93. The number of halogens is 2. The van der Waals surface area contributed by atoms with Crippen LogP contribution in [0.2, 0.25) is 0 Å². The van der Waals surface area contributed by atoms with Gasteiger partial charge in [0.15, 0.2) is 5.78 Å². The summed E-state index contributed by atoms with van der Waals surface area (Å²) in [5.41, 5.74) is 0.750. The van der Waals surface area contributed by atoms with Gasteiger partial charge in [0.05, 0.1) is 6.54 Å². The molecule has 0 spiro atoms. The molecule has 136 valence electrons. The fraction of sp³-hybridized carbons (Fsp3) is 0.211. The third-order valence-corrected chi connectivity index (χ3v) is 3.67. The number of nitrogens with zero attached hydrogens (tertiary/aromatic N) is 1. The van der Waals surface area contributed by atoms with Gasteiger partial charge in [-0.25, -0.2) is 8.78 Å². The highest BCUT2D eigenvalue weighted by Crippen LogP contribution is 2.10. The molecule has 2 rings (SSSR count). The van der Waals surface area contributed by atoms with E-state index < -0.39 is 17.5 Å². The number of ketones is 1. The molecule has 0 unspecified atom stereocenters. The molecule has 0 aliphatic rings. The van der Waals surface area contributed by atoms with E-state index in [1.807, 2.05) is 0 Å². The van der Waals surface area contributed by atoms with Crippen molar-refractivity contribution in [3.05, 3.63) is 65.7 Å². The average Bonchev–Trinajstić information content (AvgIpc) is 2.61. The molecule has 0 heterocycles. The summed E-state index contributed by atoms with van der Waals surface area (Å²) in [6, 6.07) is 10.3. The average molecular weight is 360 g/mol. The predicted octanol–water partition coefficient (Wildman–Crippen LogP) is 3.02. The van der Waals surface area contributed by atoms with E-state index in [-0.39, 0.29) is 31.1 Å². The first kappa shape index (κ1) is 19.2. The van der Waals surface area contributed by atoms with Gasteiger partial charge in [0.25, 0.3) is 0 Å². The molecule has 0 aliphatic heterocycles. The zero-order valence-corrected chi connectivity index (χ0v) is 14.2. The number of hydrogen-bond donors (Lipinski definition) is 1. The van der Waals surface area contributed by atoms with E-state index in [9.17, 15) is 23.2 Å². The molecule has 0 fully saturated rings. The van der Waals surface area contributed by atoms with Crippen molar-refractivity contribution in [1.29, 1.82) is 0 Å². The van der Waals surface area contributed by atoms with Crippen LogP contribution >= 0.6 is 0 Å². The van der Waals surface area contributed by atoms with Crippen molar-refractivity contribution < 1.29 is 23.2 Å². The van der Waals surface area contributed by atoms with Crippen LogP contribution in [-0.2, 0) is 9.59 Å². The van der Waals surface area contributed by atoms with Crippen molar-refractivity contribution in [3.8, 4) is 0 Å². The summed E-state index contributed by atoms with van der Waals surface area (Å²) < 4.78 is 25.7. The van der Waals surface area contributed by atoms with Crippen LogP contribution in [0.1, 0.15) is 23.2 Å². The maximum atomic E-state index is 12.8. The highest BCUT2D eigenvalue weighted by atomic mass is 19.1. The third kappa shape index (κ3) is 5.77. The number of likely N-dealkylation sites (N-methyl/N-ethyl adjacent to an activating group) is 1. The van der Waals surface area contributed by atoms with Gasteiger partial charge >= 0.3 is 0 Å². The van der Waals surface area contributed by atoms with E-state index in [4.69, 9.17) is 0 Å². The first-order chi connectivity index (χ1) is 12.3. The van der Waals surface area contributed by atoms with Crippen LogP contribution in [-0.4, -0.2) is 36.1 Å². The van der Waals surface area contributed by atoms with Crippen LogP contribution in [0, 0.1) is 11.6 Å². The van der Waals surface area contributed by atoms with Crippen LogP contribution in [0.15, 0.2) is 48.5 Å². The number of anilines is 1. The SMILES string of the molecule is CN(CC(=O)Nc1ccc(F)cc1)C(=O)CCC(=O)c1ccc(F)cc1. The van der Waals surface area contributed by atoms with Gasteiger partial charge in [-0.05, 0) is 48.5 Å². The smallest absolute Gasteiger partial charge is 0.243 e. The molecular weight excluding hydrogens is 342 g/mol. The topological polar surface area (TPSA) is 66.5 Å². The normalized spacial score (nSPS) is 10.3. The summed E-state index contributed by atoms with van der Waals surface area (Å²) in [5, 5.41) is 2.55. The van der Waals surface area contributed by atoms with Crippen molar-refractivity contribution in [3.63, 3.8) is 0 Å². The molecule has 1 N–H and O–H groups in total. The van der Waals surface area contributed by atoms with Crippen molar-refractivity contribution in [2.45, 2.75) is 12.8 Å². The van der Waals surface area contributed by atoms with Gasteiger partial charge < -0.3 is 10.2 Å². The van der Waals surface area contributed by atoms with Crippen LogP contribution in [0.3, 0.4) is 0 Å². The van der Waals surface area contributed by atoms with E-state index in [2.05, 4.69) is 5.32 Å². The minimum atomic E-state index is -0.440. The maximum Gasteiger partial charge on any atom is 0.243 e. The van der Waals surface area contributed by atoms with Crippen LogP contribution in [0.4, 0.5) is 14.5 Å². The Bertz CT molecular complexity index is 789. The summed E-state index contributed by atoms with van der Waals surface area (Å²) in [7, 11) is 1.45. The maximum absolute atomic E-state index is 12.8. The fourth-order valence-electron chi connectivity index (χ4n) is 2.23. The van der Waals surface area contributed by atoms with Gasteiger partial charge in [0.2, 0.25) is 11.8 Å². The predicted molar refractivity (Wildman–Crippen MR) is 92.6 cm³/mol. The molecule has 0 aromatic heterocycles. The van der Waals surface area contributed by atoms with E-state index in [1.54, 1.807) is 0 Å². The number of nitrogens with one attached hydrogen (secondary N) is 1. The molecule has 2 aromatic rings. The van der Waals surface area contributed by atoms with Gasteiger partial charge in [-0.1, -0.05) is 0 Å². The summed E-state index contributed by atoms with van der Waals surface area (Å²) in [6.45, 7) is -0.194. The fourth-order valence-corrected chi connectivity index (χ4v) is 2.23. The first-order valence-electron chi connectivity index (χ1n) is 7.93. The molecule has 2 aromatic carbocycles. The quantitative estimate of drug-likeness (QED) is 0.772. The number of carbonyl (C=O) groups is 3. The van der Waals surface area contributed by atoms with Crippen molar-refractivity contribution in [1.82, 2.24) is 4.90 Å². The lowest BCUT2D eigenvalue weighted by Crippen LogP contribution is -2.35. The Balaban J connectivity index is 1.79. The molecule has 5 nitrogen and oxygen atoms in total. The highest BCUT2D eigenvalue weighted by Gasteiger charge is 2.15. The monoisotopic (exact) mass is 360 g/mol. The van der Waals surface area contributed by atoms with Gasteiger partial charge in [-0.15, -0.1) is 0 Å². The van der Waals surface area contributed by atoms with Crippen molar-refractivity contribution >= 4 is 23.3 Å². The van der Waals surface area contributed by atoms with Crippen LogP contribution in [0.25, 0.3) is 0 Å². The minimum absolute atomic E-state index is 0.0333. The molecule has 0 aliphatic carbocycles. The second-order valence-electron chi connectivity index (χ2n) is 5.73. The minimum Gasteiger partial charge on any atom is -0.336 e. The second kappa shape index (κ2) is 8.84. The molecule has 2 amide bonds. The van der Waals surface area contributed by atoms with E-state index in [1.165, 1.54) is 60.5 Å². The molecule has 0 atom stereocenters. The Kier molecular flexibility index (Phi) is 6.54. The van der Waals surface area contributed by atoms with Gasteiger partial charge in [-0.2, -0.15) is 0 Å². The van der Waals surface area contributed by atoms with E-state index in [0.717, 1.165) is 0 Å². The van der Waals surface area contributed by atoms with Gasteiger partial charge in [0.1, 0.15) is 11.6 Å². The van der Waals surface area contributed by atoms with Gasteiger partial charge in [-0.3, -0.25) is 14.4 Å². The highest BCUT2D eigenvalue weighted by molar-refractivity contribution is 5.98. The number of carbonyl (C=O) groups excluding carboxylic acids is 3. The standard InChI is InChI=1S/C19H18F2N2O3/c1-23(12-18(25)22-16-8-6-15(21)7-9-16)19(26)11-10-17(24)13-2-4-14(20)5-3-13/h2-9H,10-12H2,1H3,(H,22,25). The Morgan fingerprint density at radius 1 is 0.885 bits per heavy atom. The largest absolute Gasteiger partial charge is 0.336 e. The Labute approximate surface area is 149 Å². The zero-order chi connectivity index (χ0) is 19.1. The van der Waals surface area contributed by atoms with Crippen molar-refractivity contribution in [2.75, 3.05) is 18.9 Å². The lowest BCUT2D eigenvalue weighted by atomic mass is 10.1. The third-order valence-electron chi connectivity index (χ3n) is 3.67. The summed E-state index contributed by atoms with van der Waals surface area (Å²) in [4.78, 5) is 37.1. The Hall–Kier alpha value is -3.09. The molecule has 26 heavy (non-hydrogen) atoms. The molecule has 7 heteroatoms. The van der Waals surface area contributed by atoms with Crippen LogP contribution in [0.5, 0.6) is 0 Å². The Morgan fingerprint density at radius 2 is 1.42 bits per heavy atom. The number of benzene rings is 2. The number of rotatable bonds is 7. The molecular formula is C19H18F2N2O3. The molecule has 0 bridgehead atoms. The molecule has 0 radical (unpaired) electrons. The summed E-state index contributed by atoms with van der Waals surface area (Å²) in [6.07, 6.45) is -0.0923. The van der Waals surface area contributed by atoms with E-state index >= 15 is 0 Å². The summed E-state index contributed by atoms with van der Waals surface area (Å²) in [5.74, 6) is -1.93. The lowest BCUT2D eigenvalue weighted by molar-refractivity contribution is -0.133. The number of hydrogen-bond acceptors (Lipinski definition) is 3. The Morgan fingerprint density at radius 3 is 2.00 bits per heavy atom. The second-order valence-corrected chi connectivity index (χ2v) is 5.73. The number of amides is 2. The lowest BCUT2D eigenvalue weighted by Gasteiger charge is -2.16. The summed E-state index contributed by atoms with van der Waals surface area (Å²) >= 11 is 0. The zero-order valence-electron chi connectivity index (χ0n) is 14.2. The number of Topliss-reactive ketones (excluding diaryl/α,β-unsaturated/α-hetero) is 1. The van der Waals surface area contributed by atoms with Gasteiger partial charge in [0, 0.05) is 31.1 Å². The molecule has 0 saturated heterocycles. The van der Waals surface area contributed by atoms with E-state index in [0.29, 0.717) is 11.3 Å². The van der Waals surface area contributed by atoms with Crippen LogP contribution < -0.4 is 5.32 Å². The molecule has 0 saturated carbocycles. The van der Waals surface area contributed by atoms with Crippen molar-refractivity contribution in [2.24, 2.45) is 0 Å².